The molecule has 0 aliphatic rings. The fourth-order valence-corrected chi connectivity index (χ4v) is 6.49. The number of rotatable bonds is 11. The van der Waals surface area contributed by atoms with Gasteiger partial charge in [0.15, 0.2) is 0 Å². The SMILES string of the molecule is CNC(=O)C(Cc1ccccc1)N(Cc1ccccc1F)C(=O)CN(c1cc(Cl)cc(Cl)c1)S(=O)(=O)c1ccc(C)cc1. The van der Waals surface area contributed by atoms with E-state index in [2.05, 4.69) is 5.32 Å². The summed E-state index contributed by atoms with van der Waals surface area (Å²) < 4.78 is 43.8. The predicted octanol–water partition coefficient (Wildman–Crippen LogP) is 6.02. The molecule has 0 aliphatic carbocycles. The number of hydrogen-bond donors (Lipinski definition) is 1. The van der Waals surface area contributed by atoms with Gasteiger partial charge in [0.25, 0.3) is 10.0 Å². The molecule has 1 atom stereocenters. The number of likely N-dealkylation sites (N-methyl/N-ethyl adjacent to an activating group) is 1. The first-order valence-electron chi connectivity index (χ1n) is 13.3. The molecule has 0 saturated heterocycles. The van der Waals surface area contributed by atoms with Gasteiger partial charge in [0.05, 0.1) is 10.6 Å². The minimum atomic E-state index is -4.33. The molecule has 0 aliphatic heterocycles. The molecule has 4 aromatic rings. The van der Waals surface area contributed by atoms with Gasteiger partial charge in [-0.1, -0.05) is 89.4 Å². The molecule has 0 saturated carbocycles. The normalized spacial score (nSPS) is 11.9. The van der Waals surface area contributed by atoms with Crippen molar-refractivity contribution in [2.45, 2.75) is 30.8 Å². The van der Waals surface area contributed by atoms with Crippen molar-refractivity contribution in [2.24, 2.45) is 0 Å². The average Bonchev–Trinajstić information content (AvgIpc) is 2.98. The Morgan fingerprint density at radius 2 is 1.49 bits per heavy atom. The van der Waals surface area contributed by atoms with Crippen LogP contribution in [0, 0.1) is 12.7 Å². The molecule has 1 N–H and O–H groups in total. The summed E-state index contributed by atoms with van der Waals surface area (Å²) in [6.45, 7) is 0.815. The van der Waals surface area contributed by atoms with Crippen molar-refractivity contribution in [3.8, 4) is 0 Å². The zero-order valence-corrected chi connectivity index (χ0v) is 25.8. The maximum absolute atomic E-state index is 14.9. The number of carbonyl (C=O) groups excluding carboxylic acids is 2. The summed E-state index contributed by atoms with van der Waals surface area (Å²) in [5, 5.41) is 2.91. The Morgan fingerprint density at radius 1 is 0.884 bits per heavy atom. The first-order valence-corrected chi connectivity index (χ1v) is 15.5. The largest absolute Gasteiger partial charge is 0.357 e. The molecule has 4 aromatic carbocycles. The van der Waals surface area contributed by atoms with Gasteiger partial charge in [0.1, 0.15) is 18.4 Å². The molecule has 7 nitrogen and oxygen atoms in total. The quantitative estimate of drug-likeness (QED) is 0.217. The maximum atomic E-state index is 14.9. The summed E-state index contributed by atoms with van der Waals surface area (Å²) in [6.07, 6.45) is 0.106. The van der Waals surface area contributed by atoms with Crippen molar-refractivity contribution < 1.29 is 22.4 Å². The minimum Gasteiger partial charge on any atom is -0.357 e. The number of halogens is 3. The number of hydrogen-bond acceptors (Lipinski definition) is 4. The molecule has 2 amide bonds. The van der Waals surface area contributed by atoms with Crippen LogP contribution in [0.15, 0.2) is 102 Å². The highest BCUT2D eigenvalue weighted by Gasteiger charge is 2.35. The van der Waals surface area contributed by atoms with Gasteiger partial charge in [0.2, 0.25) is 11.8 Å². The number of sulfonamides is 1. The topological polar surface area (TPSA) is 86.8 Å². The number of anilines is 1. The molecule has 4 rings (SSSR count). The van der Waals surface area contributed by atoms with Gasteiger partial charge in [0, 0.05) is 35.6 Å². The van der Waals surface area contributed by atoms with E-state index in [1.54, 1.807) is 30.3 Å². The molecular weight excluding hydrogens is 612 g/mol. The smallest absolute Gasteiger partial charge is 0.264 e. The number of amides is 2. The second-order valence-electron chi connectivity index (χ2n) is 9.89. The number of aryl methyl sites for hydroxylation is 1. The standard InChI is InChI=1S/C32H30Cl2FN3O4S/c1-22-12-14-28(15-13-22)43(41,42)38(27-18-25(33)17-26(34)19-27)21-31(39)37(20-24-10-6-7-11-29(24)35)30(32(40)36-2)16-23-8-4-3-5-9-23/h3-15,17-19,30H,16,20-21H2,1-2H3,(H,36,40). The first kappa shape index (κ1) is 32.0. The Balaban J connectivity index is 1.82. The summed E-state index contributed by atoms with van der Waals surface area (Å²) >= 11 is 12.5. The maximum Gasteiger partial charge on any atom is 0.264 e. The highest BCUT2D eigenvalue weighted by molar-refractivity contribution is 7.92. The summed E-state index contributed by atoms with van der Waals surface area (Å²) in [5.41, 5.74) is 1.82. The lowest BCUT2D eigenvalue weighted by Crippen LogP contribution is -2.53. The third-order valence-corrected chi connectivity index (χ3v) is 9.06. The van der Waals surface area contributed by atoms with E-state index >= 15 is 0 Å². The fourth-order valence-electron chi connectivity index (χ4n) is 4.58. The predicted molar refractivity (Wildman–Crippen MR) is 167 cm³/mol. The summed E-state index contributed by atoms with van der Waals surface area (Å²) in [6, 6.07) is 24.2. The summed E-state index contributed by atoms with van der Waals surface area (Å²) in [4.78, 5) is 28.7. The van der Waals surface area contributed by atoms with Gasteiger partial charge in [-0.3, -0.25) is 13.9 Å². The van der Waals surface area contributed by atoms with E-state index in [0.29, 0.717) is 0 Å². The molecule has 1 unspecified atom stereocenters. The lowest BCUT2D eigenvalue weighted by atomic mass is 10.0. The molecular formula is C32H30Cl2FN3O4S. The van der Waals surface area contributed by atoms with Crippen molar-refractivity contribution >= 4 is 50.7 Å². The summed E-state index contributed by atoms with van der Waals surface area (Å²) in [7, 11) is -2.89. The van der Waals surface area contributed by atoms with Gasteiger partial charge in [-0.05, 0) is 48.9 Å². The Morgan fingerprint density at radius 3 is 2.09 bits per heavy atom. The third kappa shape index (κ3) is 7.93. The van der Waals surface area contributed by atoms with Crippen molar-refractivity contribution in [1.82, 2.24) is 10.2 Å². The zero-order valence-electron chi connectivity index (χ0n) is 23.5. The molecule has 11 heteroatoms. The zero-order chi connectivity index (χ0) is 31.1. The van der Waals surface area contributed by atoms with Crippen LogP contribution in [0.1, 0.15) is 16.7 Å². The van der Waals surface area contributed by atoms with Gasteiger partial charge in [-0.2, -0.15) is 0 Å². The van der Waals surface area contributed by atoms with Crippen molar-refractivity contribution in [3.63, 3.8) is 0 Å². The first-order chi connectivity index (χ1) is 20.5. The van der Waals surface area contributed by atoms with Gasteiger partial charge in [-0.25, -0.2) is 12.8 Å². The van der Waals surface area contributed by atoms with E-state index in [1.165, 1.54) is 60.5 Å². The van der Waals surface area contributed by atoms with Gasteiger partial charge >= 0.3 is 0 Å². The van der Waals surface area contributed by atoms with E-state index < -0.39 is 40.2 Å². The number of nitrogens with one attached hydrogen (secondary N) is 1. The van der Waals surface area contributed by atoms with Crippen molar-refractivity contribution in [1.29, 1.82) is 0 Å². The van der Waals surface area contributed by atoms with Crippen LogP contribution >= 0.6 is 23.2 Å². The van der Waals surface area contributed by atoms with Gasteiger partial charge in [-0.15, -0.1) is 0 Å². The van der Waals surface area contributed by atoms with Crippen LogP contribution < -0.4 is 9.62 Å². The van der Waals surface area contributed by atoms with Crippen LogP contribution in [0.4, 0.5) is 10.1 Å². The monoisotopic (exact) mass is 641 g/mol. The number of nitrogens with zero attached hydrogens (tertiary/aromatic N) is 2. The molecule has 0 aromatic heterocycles. The fraction of sp³-hybridized carbons (Fsp3) is 0.188. The van der Waals surface area contributed by atoms with Gasteiger partial charge < -0.3 is 10.2 Å². The summed E-state index contributed by atoms with van der Waals surface area (Å²) in [5.74, 6) is -1.80. The highest BCUT2D eigenvalue weighted by Crippen LogP contribution is 2.30. The van der Waals surface area contributed by atoms with Crippen LogP contribution in [-0.2, 0) is 32.6 Å². The van der Waals surface area contributed by atoms with Crippen molar-refractivity contribution in [2.75, 3.05) is 17.9 Å². The average molecular weight is 643 g/mol. The Bertz CT molecular complexity index is 1680. The second kappa shape index (κ2) is 14.0. The second-order valence-corrected chi connectivity index (χ2v) is 12.6. The minimum absolute atomic E-state index is 0.0526. The molecule has 0 bridgehead atoms. The third-order valence-electron chi connectivity index (χ3n) is 6.84. The van der Waals surface area contributed by atoms with Crippen LogP contribution in [0.2, 0.25) is 10.0 Å². The van der Waals surface area contributed by atoms with E-state index in [4.69, 9.17) is 23.2 Å². The van der Waals surface area contributed by atoms with E-state index in [-0.39, 0.29) is 39.2 Å². The Labute approximate surface area is 260 Å². The lowest BCUT2D eigenvalue weighted by Gasteiger charge is -2.33. The number of carbonyl (C=O) groups is 2. The molecule has 0 heterocycles. The Kier molecular flexibility index (Phi) is 10.4. The molecule has 0 fully saturated rings. The van der Waals surface area contributed by atoms with E-state index in [1.807, 2.05) is 25.1 Å². The van der Waals surface area contributed by atoms with Crippen LogP contribution in [0.5, 0.6) is 0 Å². The van der Waals surface area contributed by atoms with Crippen molar-refractivity contribution in [3.05, 3.63) is 130 Å². The molecule has 43 heavy (non-hydrogen) atoms. The highest BCUT2D eigenvalue weighted by atomic mass is 35.5. The van der Waals surface area contributed by atoms with E-state index in [0.717, 1.165) is 15.4 Å². The van der Waals surface area contributed by atoms with E-state index in [9.17, 15) is 22.4 Å². The molecule has 224 valence electrons. The number of benzene rings is 4. The molecule has 0 radical (unpaired) electrons. The Hall–Kier alpha value is -3.92. The molecule has 0 spiro atoms. The van der Waals surface area contributed by atoms with Crippen LogP contribution in [0.3, 0.4) is 0 Å². The van der Waals surface area contributed by atoms with Crippen LogP contribution in [-0.4, -0.2) is 44.8 Å². The van der Waals surface area contributed by atoms with Crippen LogP contribution in [0.25, 0.3) is 0 Å². The lowest BCUT2D eigenvalue weighted by molar-refractivity contribution is -0.139.